The quantitative estimate of drug-likeness (QED) is 0.691. The molecular weight excluding hydrogens is 204 g/mol. The van der Waals surface area contributed by atoms with E-state index in [4.69, 9.17) is 10.5 Å². The molecule has 0 heterocycles. The molecule has 1 fully saturated rings. The number of nitrogens with one attached hydrogen (secondary N) is 1. The molecule has 2 unspecified atom stereocenters. The zero-order valence-electron chi connectivity index (χ0n) is 10.4. The lowest BCUT2D eigenvalue weighted by Crippen LogP contribution is -2.53. The van der Waals surface area contributed by atoms with Crippen LogP contribution in [0.25, 0.3) is 0 Å². The van der Waals surface area contributed by atoms with Gasteiger partial charge in [-0.3, -0.25) is 4.79 Å². The Hall–Kier alpha value is -0.610. The SMILES string of the molecule is CCOCCNC(=O)C1CCCCC1(C)N. The summed E-state index contributed by atoms with van der Waals surface area (Å²) in [7, 11) is 0. The summed E-state index contributed by atoms with van der Waals surface area (Å²) >= 11 is 0. The van der Waals surface area contributed by atoms with Crippen LogP contribution in [0, 0.1) is 5.92 Å². The predicted octanol–water partition coefficient (Wildman–Crippen LogP) is 1.05. The predicted molar refractivity (Wildman–Crippen MR) is 64.1 cm³/mol. The molecule has 1 aliphatic carbocycles. The number of nitrogens with two attached hydrogens (primary N) is 1. The van der Waals surface area contributed by atoms with Gasteiger partial charge in [-0.2, -0.15) is 0 Å². The van der Waals surface area contributed by atoms with Crippen LogP contribution in [0.3, 0.4) is 0 Å². The van der Waals surface area contributed by atoms with Crippen LogP contribution in [0.2, 0.25) is 0 Å². The van der Waals surface area contributed by atoms with E-state index in [2.05, 4.69) is 5.32 Å². The lowest BCUT2D eigenvalue weighted by Gasteiger charge is -2.37. The van der Waals surface area contributed by atoms with Gasteiger partial charge in [0.25, 0.3) is 0 Å². The summed E-state index contributed by atoms with van der Waals surface area (Å²) in [5, 5.41) is 2.90. The standard InChI is InChI=1S/C12H24N2O2/c1-3-16-9-8-14-11(15)10-6-4-5-7-12(10,2)13/h10H,3-9,13H2,1-2H3,(H,14,15). The molecule has 3 N–H and O–H groups in total. The molecule has 0 aromatic heterocycles. The Balaban J connectivity index is 2.34. The summed E-state index contributed by atoms with van der Waals surface area (Å²) in [6.45, 7) is 5.78. The fourth-order valence-corrected chi connectivity index (χ4v) is 2.30. The first kappa shape index (κ1) is 13.5. The largest absolute Gasteiger partial charge is 0.380 e. The number of amides is 1. The van der Waals surface area contributed by atoms with E-state index in [9.17, 15) is 4.79 Å². The molecule has 94 valence electrons. The van der Waals surface area contributed by atoms with Crippen LogP contribution in [0.4, 0.5) is 0 Å². The molecule has 1 aliphatic rings. The van der Waals surface area contributed by atoms with Gasteiger partial charge >= 0.3 is 0 Å². The number of carbonyl (C=O) groups excluding carboxylic acids is 1. The molecule has 16 heavy (non-hydrogen) atoms. The number of hydrogen-bond donors (Lipinski definition) is 2. The van der Waals surface area contributed by atoms with E-state index in [1.54, 1.807) is 0 Å². The molecule has 0 bridgehead atoms. The fourth-order valence-electron chi connectivity index (χ4n) is 2.30. The maximum absolute atomic E-state index is 11.9. The van der Waals surface area contributed by atoms with Gasteiger partial charge in [0.1, 0.15) is 0 Å². The molecule has 1 rings (SSSR count). The molecule has 4 heteroatoms. The summed E-state index contributed by atoms with van der Waals surface area (Å²) in [4.78, 5) is 11.9. The summed E-state index contributed by atoms with van der Waals surface area (Å²) in [5.41, 5.74) is 5.82. The van der Waals surface area contributed by atoms with Gasteiger partial charge < -0.3 is 15.8 Å². The Kier molecular flexibility index (Phi) is 5.22. The van der Waals surface area contributed by atoms with Gasteiger partial charge in [0.05, 0.1) is 12.5 Å². The van der Waals surface area contributed by atoms with Crippen molar-refractivity contribution in [1.82, 2.24) is 5.32 Å². The highest BCUT2D eigenvalue weighted by atomic mass is 16.5. The Morgan fingerprint density at radius 3 is 2.94 bits per heavy atom. The molecule has 2 atom stereocenters. The van der Waals surface area contributed by atoms with Crippen LogP contribution in [-0.4, -0.2) is 31.2 Å². The topological polar surface area (TPSA) is 64.3 Å². The Morgan fingerprint density at radius 1 is 1.56 bits per heavy atom. The van der Waals surface area contributed by atoms with Crippen LogP contribution in [-0.2, 0) is 9.53 Å². The minimum absolute atomic E-state index is 0.0390. The Morgan fingerprint density at radius 2 is 2.31 bits per heavy atom. The van der Waals surface area contributed by atoms with Gasteiger partial charge in [-0.05, 0) is 26.7 Å². The highest BCUT2D eigenvalue weighted by Crippen LogP contribution is 2.31. The van der Waals surface area contributed by atoms with Crippen molar-refractivity contribution in [3.05, 3.63) is 0 Å². The maximum atomic E-state index is 11.9. The smallest absolute Gasteiger partial charge is 0.225 e. The number of hydrogen-bond acceptors (Lipinski definition) is 3. The van der Waals surface area contributed by atoms with Crippen LogP contribution in [0.15, 0.2) is 0 Å². The van der Waals surface area contributed by atoms with Crippen LogP contribution in [0.1, 0.15) is 39.5 Å². The Labute approximate surface area is 97.9 Å². The molecule has 0 aromatic rings. The van der Waals surface area contributed by atoms with Crippen molar-refractivity contribution in [1.29, 1.82) is 0 Å². The first-order valence-electron chi connectivity index (χ1n) is 6.22. The average molecular weight is 228 g/mol. The van der Waals surface area contributed by atoms with E-state index in [1.807, 2.05) is 13.8 Å². The maximum Gasteiger partial charge on any atom is 0.225 e. The molecular formula is C12H24N2O2. The van der Waals surface area contributed by atoms with Crippen molar-refractivity contribution < 1.29 is 9.53 Å². The van der Waals surface area contributed by atoms with E-state index in [0.717, 1.165) is 25.7 Å². The molecule has 1 amide bonds. The van der Waals surface area contributed by atoms with Gasteiger partial charge in [0, 0.05) is 18.7 Å². The summed E-state index contributed by atoms with van der Waals surface area (Å²) in [6.07, 6.45) is 4.09. The molecule has 0 saturated heterocycles. The van der Waals surface area contributed by atoms with E-state index >= 15 is 0 Å². The second-order valence-electron chi connectivity index (χ2n) is 4.79. The zero-order valence-corrected chi connectivity index (χ0v) is 10.4. The van der Waals surface area contributed by atoms with Gasteiger partial charge in [-0.25, -0.2) is 0 Å². The third kappa shape index (κ3) is 3.76. The first-order chi connectivity index (χ1) is 7.58. The molecule has 0 aliphatic heterocycles. The second-order valence-corrected chi connectivity index (χ2v) is 4.79. The van der Waals surface area contributed by atoms with Crippen molar-refractivity contribution in [2.75, 3.05) is 19.8 Å². The first-order valence-corrected chi connectivity index (χ1v) is 6.22. The van der Waals surface area contributed by atoms with Gasteiger partial charge in [-0.1, -0.05) is 12.8 Å². The number of carbonyl (C=O) groups is 1. The third-order valence-electron chi connectivity index (χ3n) is 3.32. The molecule has 0 aromatic carbocycles. The molecule has 0 radical (unpaired) electrons. The van der Waals surface area contributed by atoms with Crippen molar-refractivity contribution in [2.24, 2.45) is 11.7 Å². The number of ether oxygens (including phenoxy) is 1. The average Bonchev–Trinajstić information content (AvgIpc) is 2.23. The van der Waals surface area contributed by atoms with Crippen LogP contribution >= 0.6 is 0 Å². The normalized spacial score (nSPS) is 30.1. The van der Waals surface area contributed by atoms with Crippen molar-refractivity contribution in [3.8, 4) is 0 Å². The minimum Gasteiger partial charge on any atom is -0.380 e. The molecule has 4 nitrogen and oxygen atoms in total. The highest BCUT2D eigenvalue weighted by Gasteiger charge is 2.37. The van der Waals surface area contributed by atoms with Gasteiger partial charge in [-0.15, -0.1) is 0 Å². The van der Waals surface area contributed by atoms with Gasteiger partial charge in [0.15, 0.2) is 0 Å². The van der Waals surface area contributed by atoms with Crippen molar-refractivity contribution in [2.45, 2.75) is 45.1 Å². The number of rotatable bonds is 5. The summed E-state index contributed by atoms with van der Waals surface area (Å²) in [5.74, 6) is 0.0484. The molecule has 0 spiro atoms. The monoisotopic (exact) mass is 228 g/mol. The van der Waals surface area contributed by atoms with E-state index in [-0.39, 0.29) is 17.4 Å². The lowest BCUT2D eigenvalue weighted by molar-refractivity contribution is -0.128. The van der Waals surface area contributed by atoms with E-state index < -0.39 is 0 Å². The highest BCUT2D eigenvalue weighted by molar-refractivity contribution is 5.80. The van der Waals surface area contributed by atoms with Crippen LogP contribution < -0.4 is 11.1 Å². The molecule has 1 saturated carbocycles. The lowest BCUT2D eigenvalue weighted by atomic mass is 9.74. The van der Waals surface area contributed by atoms with E-state index in [0.29, 0.717) is 19.8 Å². The third-order valence-corrected chi connectivity index (χ3v) is 3.32. The minimum atomic E-state index is -0.339. The zero-order chi connectivity index (χ0) is 12.0. The van der Waals surface area contributed by atoms with Crippen molar-refractivity contribution >= 4 is 5.91 Å². The van der Waals surface area contributed by atoms with Crippen molar-refractivity contribution in [3.63, 3.8) is 0 Å². The summed E-state index contributed by atoms with van der Waals surface area (Å²) in [6, 6.07) is 0. The summed E-state index contributed by atoms with van der Waals surface area (Å²) < 4.78 is 5.18. The Bertz CT molecular complexity index is 229. The fraction of sp³-hybridized carbons (Fsp3) is 0.917. The van der Waals surface area contributed by atoms with Crippen LogP contribution in [0.5, 0.6) is 0 Å². The van der Waals surface area contributed by atoms with E-state index in [1.165, 1.54) is 0 Å². The van der Waals surface area contributed by atoms with Gasteiger partial charge in [0.2, 0.25) is 5.91 Å². The second kappa shape index (κ2) is 6.21.